The zero-order valence-electron chi connectivity index (χ0n) is 17.5. The molecular formula is C22H30N2O5. The molecule has 5 rings (SSSR count). The molecule has 1 aromatic rings. The minimum Gasteiger partial charge on any atom is -0.496 e. The third kappa shape index (κ3) is 3.51. The number of benzene rings is 1. The minimum absolute atomic E-state index is 0.0874. The summed E-state index contributed by atoms with van der Waals surface area (Å²) in [5, 5.41) is 15.1. The number of aryl methyl sites for hydroxylation is 1. The van der Waals surface area contributed by atoms with E-state index in [1.807, 2.05) is 0 Å². The van der Waals surface area contributed by atoms with Crippen molar-refractivity contribution in [1.82, 2.24) is 10.4 Å². The second-order valence-corrected chi connectivity index (χ2v) is 9.05. The van der Waals surface area contributed by atoms with Crippen LogP contribution in [0.1, 0.15) is 58.4 Å². The molecule has 4 bridgehead atoms. The first-order valence-corrected chi connectivity index (χ1v) is 10.3. The summed E-state index contributed by atoms with van der Waals surface area (Å²) in [6, 6.07) is 3.36. The van der Waals surface area contributed by atoms with Gasteiger partial charge in [0.25, 0.3) is 11.8 Å². The van der Waals surface area contributed by atoms with Gasteiger partial charge in [0.15, 0.2) is 0 Å². The number of methoxy groups -OCH3 is 1. The lowest BCUT2D eigenvalue weighted by Crippen LogP contribution is -2.61. The molecule has 2 amide bonds. The lowest BCUT2D eigenvalue weighted by atomic mass is 9.52. The van der Waals surface area contributed by atoms with Gasteiger partial charge in [0, 0.05) is 18.7 Å². The lowest BCUT2D eigenvalue weighted by Gasteiger charge is -2.58. The number of aliphatic hydroxyl groups is 1. The molecule has 1 aromatic carbocycles. The second-order valence-electron chi connectivity index (χ2n) is 9.05. The van der Waals surface area contributed by atoms with Crippen molar-refractivity contribution in [2.24, 2.45) is 17.8 Å². The van der Waals surface area contributed by atoms with Gasteiger partial charge in [0.05, 0.1) is 25.4 Å². The molecule has 158 valence electrons. The molecule has 4 aliphatic carbocycles. The van der Waals surface area contributed by atoms with E-state index in [0.717, 1.165) is 37.2 Å². The molecule has 0 spiro atoms. The van der Waals surface area contributed by atoms with E-state index >= 15 is 0 Å². The number of amides is 2. The van der Waals surface area contributed by atoms with E-state index in [1.165, 1.54) is 21.3 Å². The zero-order chi connectivity index (χ0) is 20.9. The Balaban J connectivity index is 1.57. The third-order valence-electron chi connectivity index (χ3n) is 7.09. The van der Waals surface area contributed by atoms with E-state index in [1.54, 1.807) is 19.1 Å². The van der Waals surface area contributed by atoms with Crippen molar-refractivity contribution in [3.05, 3.63) is 28.8 Å². The Kier molecular flexibility index (Phi) is 5.07. The summed E-state index contributed by atoms with van der Waals surface area (Å²) in [6.07, 6.45) is 4.63. The number of rotatable bonds is 5. The fraction of sp³-hybridized carbons (Fsp3) is 0.636. The number of carbonyl (C=O) groups is 2. The Labute approximate surface area is 171 Å². The van der Waals surface area contributed by atoms with Crippen LogP contribution in [0.4, 0.5) is 0 Å². The molecule has 4 aliphatic rings. The Bertz CT molecular complexity index is 823. The number of hydrogen-bond donors (Lipinski definition) is 2. The van der Waals surface area contributed by atoms with Gasteiger partial charge in [-0.25, -0.2) is 5.06 Å². The van der Waals surface area contributed by atoms with Crippen molar-refractivity contribution < 1.29 is 24.3 Å². The number of hydroxylamine groups is 2. The van der Waals surface area contributed by atoms with Crippen LogP contribution in [0.2, 0.25) is 0 Å². The normalized spacial score (nSPS) is 32.2. The van der Waals surface area contributed by atoms with Gasteiger partial charge >= 0.3 is 0 Å². The number of nitrogens with one attached hydrogen (secondary N) is 1. The number of carbonyl (C=O) groups excluding carboxylic acids is 2. The molecule has 0 saturated heterocycles. The van der Waals surface area contributed by atoms with Crippen molar-refractivity contribution in [3.8, 4) is 5.75 Å². The number of ether oxygens (including phenoxy) is 1. The lowest BCUT2D eigenvalue weighted by molar-refractivity contribution is -0.136. The van der Waals surface area contributed by atoms with Crippen LogP contribution < -0.4 is 10.1 Å². The third-order valence-corrected chi connectivity index (χ3v) is 7.09. The van der Waals surface area contributed by atoms with Gasteiger partial charge in [-0.05, 0) is 74.5 Å². The summed E-state index contributed by atoms with van der Waals surface area (Å²) >= 11 is 0. The van der Waals surface area contributed by atoms with Crippen molar-refractivity contribution in [3.63, 3.8) is 0 Å². The highest BCUT2D eigenvalue weighted by Gasteiger charge is 2.55. The molecule has 7 heteroatoms. The van der Waals surface area contributed by atoms with E-state index < -0.39 is 5.60 Å². The van der Waals surface area contributed by atoms with Gasteiger partial charge in [-0.3, -0.25) is 14.4 Å². The Morgan fingerprint density at radius 3 is 2.38 bits per heavy atom. The van der Waals surface area contributed by atoms with Gasteiger partial charge in [-0.1, -0.05) is 0 Å². The maximum atomic E-state index is 13.2. The van der Waals surface area contributed by atoms with Crippen LogP contribution in [0, 0.1) is 24.7 Å². The second kappa shape index (κ2) is 7.29. The average molecular weight is 402 g/mol. The van der Waals surface area contributed by atoms with Gasteiger partial charge in [-0.15, -0.1) is 0 Å². The first-order chi connectivity index (χ1) is 13.7. The smallest absolute Gasteiger partial charge is 0.277 e. The highest BCUT2D eigenvalue weighted by molar-refractivity contribution is 6.01. The largest absolute Gasteiger partial charge is 0.496 e. The van der Waals surface area contributed by atoms with Crippen LogP contribution >= 0.6 is 0 Å². The molecule has 0 heterocycles. The van der Waals surface area contributed by atoms with Crippen LogP contribution in [-0.2, 0) is 4.84 Å². The molecule has 2 N–H and O–H groups in total. The number of nitrogens with zero attached hydrogens (tertiary/aromatic N) is 1. The molecule has 4 fully saturated rings. The molecule has 0 radical (unpaired) electrons. The van der Waals surface area contributed by atoms with E-state index in [2.05, 4.69) is 5.32 Å². The summed E-state index contributed by atoms with van der Waals surface area (Å²) in [7, 11) is 4.45. The molecule has 4 saturated carbocycles. The molecular weight excluding hydrogens is 372 g/mol. The van der Waals surface area contributed by atoms with Gasteiger partial charge in [0.1, 0.15) is 5.75 Å². The molecule has 7 nitrogen and oxygen atoms in total. The van der Waals surface area contributed by atoms with E-state index in [-0.39, 0.29) is 17.9 Å². The summed E-state index contributed by atoms with van der Waals surface area (Å²) in [5.74, 6) is 1.14. The highest BCUT2D eigenvalue weighted by atomic mass is 16.7. The average Bonchev–Trinajstić information content (AvgIpc) is 2.67. The molecule has 2 unspecified atom stereocenters. The van der Waals surface area contributed by atoms with Crippen LogP contribution in [0.15, 0.2) is 12.1 Å². The predicted molar refractivity (Wildman–Crippen MR) is 107 cm³/mol. The van der Waals surface area contributed by atoms with Crippen molar-refractivity contribution >= 4 is 11.8 Å². The fourth-order valence-corrected chi connectivity index (χ4v) is 6.04. The van der Waals surface area contributed by atoms with Gasteiger partial charge in [0.2, 0.25) is 0 Å². The van der Waals surface area contributed by atoms with Crippen molar-refractivity contribution in [2.75, 3.05) is 21.3 Å². The first-order valence-electron chi connectivity index (χ1n) is 10.3. The van der Waals surface area contributed by atoms with Crippen molar-refractivity contribution in [1.29, 1.82) is 0 Å². The van der Waals surface area contributed by atoms with Gasteiger partial charge < -0.3 is 15.2 Å². The van der Waals surface area contributed by atoms with Crippen LogP contribution in [-0.4, -0.2) is 54.9 Å². The summed E-state index contributed by atoms with van der Waals surface area (Å²) in [4.78, 5) is 30.6. The quantitative estimate of drug-likeness (QED) is 0.738. The number of hydrogen-bond acceptors (Lipinski definition) is 5. The van der Waals surface area contributed by atoms with Crippen molar-refractivity contribution in [2.45, 2.75) is 50.7 Å². The topological polar surface area (TPSA) is 88.1 Å². The van der Waals surface area contributed by atoms with Crippen LogP contribution in [0.3, 0.4) is 0 Å². The van der Waals surface area contributed by atoms with Crippen LogP contribution in [0.25, 0.3) is 0 Å². The SMILES string of the molecule is COc1cc(C(=O)N(C)OC)cc(C)c1C(=O)N[C@H]1C2CC3CC1C[C@](O)(C3)C2. The molecule has 29 heavy (non-hydrogen) atoms. The van der Waals surface area contributed by atoms with E-state index in [4.69, 9.17) is 9.57 Å². The van der Waals surface area contributed by atoms with Gasteiger partial charge in [-0.2, -0.15) is 0 Å². The monoisotopic (exact) mass is 402 g/mol. The Morgan fingerprint density at radius 1 is 1.17 bits per heavy atom. The molecule has 2 atom stereocenters. The highest BCUT2D eigenvalue weighted by Crippen LogP contribution is 2.55. The summed E-state index contributed by atoms with van der Waals surface area (Å²) in [6.45, 7) is 1.81. The molecule has 0 aromatic heterocycles. The first kappa shape index (κ1) is 20.2. The van der Waals surface area contributed by atoms with E-state index in [9.17, 15) is 14.7 Å². The maximum absolute atomic E-state index is 13.2. The zero-order valence-corrected chi connectivity index (χ0v) is 17.5. The summed E-state index contributed by atoms with van der Waals surface area (Å²) in [5.41, 5.74) is 1.01. The van der Waals surface area contributed by atoms with E-state index in [0.29, 0.717) is 40.2 Å². The molecule has 0 aliphatic heterocycles. The van der Waals surface area contributed by atoms with Crippen LogP contribution in [0.5, 0.6) is 5.75 Å². The predicted octanol–water partition coefficient (Wildman–Crippen LogP) is 2.31. The maximum Gasteiger partial charge on any atom is 0.277 e. The summed E-state index contributed by atoms with van der Waals surface area (Å²) < 4.78 is 5.46. The minimum atomic E-state index is -0.527. The Hall–Kier alpha value is -2.12. The Morgan fingerprint density at radius 2 is 1.83 bits per heavy atom. The fourth-order valence-electron chi connectivity index (χ4n) is 6.04. The standard InChI is InChI=1S/C22H30N2O5/c1-12-5-14(21(26)24(2)29-4)8-17(28-3)18(12)20(25)23-19-15-6-13-7-16(19)11-22(27,9-13)10-15/h5,8,13,15-16,19,27H,6-7,9-11H2,1-4H3,(H,23,25)/t13?,15?,16?,19-,22-.